The summed E-state index contributed by atoms with van der Waals surface area (Å²) < 4.78 is 1.65. The van der Waals surface area contributed by atoms with Gasteiger partial charge in [0.1, 0.15) is 11.3 Å². The highest BCUT2D eigenvalue weighted by Gasteiger charge is 2.03. The molecule has 2 heterocycles. The first-order valence-corrected chi connectivity index (χ1v) is 3.77. The Hall–Kier alpha value is -1.35. The number of carbonyl (C=O) groups is 1. The summed E-state index contributed by atoms with van der Waals surface area (Å²) in [5.41, 5.74) is 1.16. The van der Waals surface area contributed by atoms with Crippen molar-refractivity contribution >= 4 is 23.5 Å². The molecule has 0 aliphatic heterocycles. The van der Waals surface area contributed by atoms with Crippen LogP contribution >= 0.6 is 11.6 Å². The van der Waals surface area contributed by atoms with E-state index in [-0.39, 0.29) is 0 Å². The lowest BCUT2D eigenvalue weighted by Crippen LogP contribution is -1.94. The van der Waals surface area contributed by atoms with Gasteiger partial charge >= 0.3 is 0 Å². The highest BCUT2D eigenvalue weighted by molar-refractivity contribution is 6.32. The Labute approximate surface area is 73.6 Å². The Morgan fingerprint density at radius 2 is 2.33 bits per heavy atom. The molecule has 12 heavy (non-hydrogen) atoms. The number of aromatic nitrogens is 2. The van der Waals surface area contributed by atoms with Crippen molar-refractivity contribution in [3.8, 4) is 0 Å². The van der Waals surface area contributed by atoms with Gasteiger partial charge in [-0.3, -0.25) is 9.20 Å². The molecule has 0 saturated heterocycles. The zero-order chi connectivity index (χ0) is 8.55. The molecule has 2 aromatic rings. The van der Waals surface area contributed by atoms with E-state index in [0.717, 1.165) is 11.9 Å². The Balaban J connectivity index is 2.91. The summed E-state index contributed by atoms with van der Waals surface area (Å²) in [6.07, 6.45) is 4.04. The van der Waals surface area contributed by atoms with Crippen molar-refractivity contribution in [3.63, 3.8) is 0 Å². The first-order chi connectivity index (χ1) is 5.83. The molecule has 0 aliphatic carbocycles. The third kappa shape index (κ3) is 0.905. The van der Waals surface area contributed by atoms with Crippen LogP contribution in [0.4, 0.5) is 0 Å². The van der Waals surface area contributed by atoms with E-state index in [9.17, 15) is 4.79 Å². The van der Waals surface area contributed by atoms with E-state index in [4.69, 9.17) is 11.6 Å². The number of halogens is 1. The summed E-state index contributed by atoms with van der Waals surface area (Å²) in [6, 6.07) is 3.42. The second kappa shape index (κ2) is 2.60. The van der Waals surface area contributed by atoms with Crippen LogP contribution in [0.25, 0.3) is 5.65 Å². The molecule has 0 unspecified atom stereocenters. The number of fused-ring (bicyclic) bond motifs is 1. The summed E-state index contributed by atoms with van der Waals surface area (Å²) in [5, 5.41) is 0.440. The minimum Gasteiger partial charge on any atom is -0.296 e. The number of carbonyl (C=O) groups excluding carboxylic acids is 1. The van der Waals surface area contributed by atoms with Crippen LogP contribution in [0, 0.1) is 0 Å². The molecule has 4 heteroatoms. The van der Waals surface area contributed by atoms with Crippen molar-refractivity contribution < 1.29 is 4.79 Å². The summed E-state index contributed by atoms with van der Waals surface area (Å²) in [5.74, 6) is 0. The molecule has 0 aromatic carbocycles. The second-order valence-corrected chi connectivity index (χ2v) is 2.75. The molecule has 2 rings (SSSR count). The van der Waals surface area contributed by atoms with E-state index >= 15 is 0 Å². The first-order valence-electron chi connectivity index (χ1n) is 3.39. The molecule has 60 valence electrons. The third-order valence-corrected chi connectivity index (χ3v) is 1.98. The fraction of sp³-hybridized carbons (Fsp3) is 0. The van der Waals surface area contributed by atoms with Crippen molar-refractivity contribution in [1.29, 1.82) is 0 Å². The van der Waals surface area contributed by atoms with Gasteiger partial charge in [0.05, 0.1) is 5.02 Å². The topological polar surface area (TPSA) is 34.4 Å². The zero-order valence-corrected chi connectivity index (χ0v) is 6.82. The van der Waals surface area contributed by atoms with Crippen LogP contribution in [-0.4, -0.2) is 15.7 Å². The molecule has 0 spiro atoms. The fourth-order valence-corrected chi connectivity index (χ4v) is 1.30. The number of rotatable bonds is 1. The van der Waals surface area contributed by atoms with Crippen molar-refractivity contribution in [2.24, 2.45) is 0 Å². The molecule has 0 saturated carbocycles. The summed E-state index contributed by atoms with van der Waals surface area (Å²) in [7, 11) is 0. The quantitative estimate of drug-likeness (QED) is 0.628. The van der Waals surface area contributed by atoms with Gasteiger partial charge in [-0.1, -0.05) is 11.6 Å². The molecule has 0 atom stereocenters. The van der Waals surface area contributed by atoms with E-state index < -0.39 is 0 Å². The van der Waals surface area contributed by atoms with Gasteiger partial charge in [0.15, 0.2) is 6.29 Å². The molecule has 0 amide bonds. The van der Waals surface area contributed by atoms with Crippen LogP contribution in [0.2, 0.25) is 5.02 Å². The van der Waals surface area contributed by atoms with Gasteiger partial charge in [-0.05, 0) is 12.1 Å². The van der Waals surface area contributed by atoms with E-state index in [0.29, 0.717) is 10.7 Å². The van der Waals surface area contributed by atoms with Gasteiger partial charge in [-0.2, -0.15) is 0 Å². The van der Waals surface area contributed by atoms with E-state index in [2.05, 4.69) is 4.98 Å². The van der Waals surface area contributed by atoms with Crippen LogP contribution in [0.1, 0.15) is 10.5 Å². The maximum atomic E-state index is 10.6. The Bertz CT molecular complexity index is 436. The number of pyridine rings is 1. The van der Waals surface area contributed by atoms with Crippen molar-refractivity contribution in [3.05, 3.63) is 35.2 Å². The zero-order valence-electron chi connectivity index (χ0n) is 6.07. The van der Waals surface area contributed by atoms with Crippen LogP contribution in [0.3, 0.4) is 0 Å². The number of imidazole rings is 1. The van der Waals surface area contributed by atoms with Gasteiger partial charge in [-0.25, -0.2) is 4.98 Å². The van der Waals surface area contributed by atoms with Crippen molar-refractivity contribution in [2.45, 2.75) is 0 Å². The lowest BCUT2D eigenvalue weighted by molar-refractivity contribution is 0.111. The summed E-state index contributed by atoms with van der Waals surface area (Å²) >= 11 is 5.78. The Morgan fingerprint density at radius 3 is 3.08 bits per heavy atom. The number of nitrogens with zero attached hydrogens (tertiary/aromatic N) is 2. The van der Waals surface area contributed by atoms with Crippen LogP contribution in [0.15, 0.2) is 24.5 Å². The predicted molar refractivity (Wildman–Crippen MR) is 45.6 cm³/mol. The highest BCUT2D eigenvalue weighted by Crippen LogP contribution is 2.15. The Morgan fingerprint density at radius 1 is 1.50 bits per heavy atom. The molecular weight excluding hydrogens is 176 g/mol. The molecule has 0 fully saturated rings. The smallest absolute Gasteiger partial charge is 0.168 e. The number of aldehydes is 1. The summed E-state index contributed by atoms with van der Waals surface area (Å²) in [4.78, 5) is 14.6. The standard InChI is InChI=1S/C8H5ClN2O/c9-6-1-2-8-10-3-4-11(8)7(6)5-12/h1-5H. The normalized spacial score (nSPS) is 10.4. The van der Waals surface area contributed by atoms with Gasteiger partial charge in [0.25, 0.3) is 0 Å². The van der Waals surface area contributed by atoms with Crippen LogP contribution in [0.5, 0.6) is 0 Å². The average molecular weight is 181 g/mol. The van der Waals surface area contributed by atoms with E-state index in [1.54, 1.807) is 28.9 Å². The van der Waals surface area contributed by atoms with Crippen molar-refractivity contribution in [2.75, 3.05) is 0 Å². The Kier molecular flexibility index (Phi) is 1.59. The van der Waals surface area contributed by atoms with Gasteiger partial charge in [0.2, 0.25) is 0 Å². The maximum absolute atomic E-state index is 10.6. The van der Waals surface area contributed by atoms with E-state index in [1.165, 1.54) is 0 Å². The lowest BCUT2D eigenvalue weighted by atomic mass is 10.3. The first kappa shape index (κ1) is 7.31. The van der Waals surface area contributed by atoms with Crippen molar-refractivity contribution in [1.82, 2.24) is 9.38 Å². The molecule has 0 N–H and O–H groups in total. The molecular formula is C8H5ClN2O. The predicted octanol–water partition coefficient (Wildman–Crippen LogP) is 1.80. The van der Waals surface area contributed by atoms with Gasteiger partial charge in [0, 0.05) is 12.4 Å². The number of hydrogen-bond acceptors (Lipinski definition) is 2. The van der Waals surface area contributed by atoms with Gasteiger partial charge in [-0.15, -0.1) is 0 Å². The van der Waals surface area contributed by atoms with Gasteiger partial charge < -0.3 is 0 Å². The lowest BCUT2D eigenvalue weighted by Gasteiger charge is -1.99. The highest BCUT2D eigenvalue weighted by atomic mass is 35.5. The van der Waals surface area contributed by atoms with Crippen LogP contribution in [-0.2, 0) is 0 Å². The summed E-state index contributed by atoms with van der Waals surface area (Å²) in [6.45, 7) is 0. The number of hydrogen-bond donors (Lipinski definition) is 0. The monoisotopic (exact) mass is 180 g/mol. The van der Waals surface area contributed by atoms with E-state index in [1.807, 2.05) is 0 Å². The SMILES string of the molecule is O=Cc1c(Cl)ccc2nccn12. The molecule has 0 radical (unpaired) electrons. The largest absolute Gasteiger partial charge is 0.296 e. The van der Waals surface area contributed by atoms with Crippen LogP contribution < -0.4 is 0 Å². The third-order valence-electron chi connectivity index (χ3n) is 1.66. The maximum Gasteiger partial charge on any atom is 0.168 e. The minimum absolute atomic E-state index is 0.437. The molecule has 0 bridgehead atoms. The fourth-order valence-electron chi connectivity index (χ4n) is 1.10. The second-order valence-electron chi connectivity index (χ2n) is 2.34. The minimum atomic E-state index is 0.437. The molecule has 2 aromatic heterocycles. The molecule has 3 nitrogen and oxygen atoms in total. The molecule has 0 aliphatic rings. The average Bonchev–Trinajstić information content (AvgIpc) is 2.52.